The van der Waals surface area contributed by atoms with Crippen molar-refractivity contribution >= 4 is 10.0 Å². The quantitative estimate of drug-likeness (QED) is 0.796. The third-order valence-corrected chi connectivity index (χ3v) is 3.86. The van der Waals surface area contributed by atoms with E-state index in [1.54, 1.807) is 31.2 Å². The molecule has 0 amide bonds. The van der Waals surface area contributed by atoms with Gasteiger partial charge in [-0.15, -0.1) is 0 Å². The molecule has 1 atom stereocenters. The zero-order valence-electron chi connectivity index (χ0n) is 10.1. The number of nitriles is 1. The van der Waals surface area contributed by atoms with Crippen molar-refractivity contribution in [3.8, 4) is 6.07 Å². The molecule has 5 nitrogen and oxygen atoms in total. The summed E-state index contributed by atoms with van der Waals surface area (Å²) in [6, 6.07) is 8.09. The van der Waals surface area contributed by atoms with E-state index in [-0.39, 0.29) is 18.4 Å². The molecule has 6 heteroatoms. The topological polar surface area (TPSA) is 90.2 Å². The number of nitrogens with zero attached hydrogens (tertiary/aromatic N) is 1. The summed E-state index contributed by atoms with van der Waals surface area (Å²) in [5.41, 5.74) is 1.12. The highest BCUT2D eigenvalue weighted by molar-refractivity contribution is 7.88. The Bertz CT molecular complexity index is 517. The van der Waals surface area contributed by atoms with Gasteiger partial charge in [-0.2, -0.15) is 5.26 Å². The van der Waals surface area contributed by atoms with Crippen LogP contribution in [0.15, 0.2) is 24.3 Å². The molecule has 0 spiro atoms. The third-order valence-electron chi connectivity index (χ3n) is 2.38. The molecule has 0 heterocycles. The third kappa shape index (κ3) is 4.84. The molecular formula is C12H16N2O3S. The van der Waals surface area contributed by atoms with Gasteiger partial charge in [-0.05, 0) is 31.0 Å². The Kier molecular flexibility index (Phi) is 5.28. The van der Waals surface area contributed by atoms with Crippen LogP contribution in [0, 0.1) is 11.3 Å². The minimum atomic E-state index is -3.42. The predicted molar refractivity (Wildman–Crippen MR) is 68.1 cm³/mol. The number of sulfonamides is 1. The lowest BCUT2D eigenvalue weighted by atomic mass is 10.2. The van der Waals surface area contributed by atoms with Crippen molar-refractivity contribution in [2.24, 2.45) is 0 Å². The van der Waals surface area contributed by atoms with Gasteiger partial charge in [-0.3, -0.25) is 0 Å². The van der Waals surface area contributed by atoms with Crippen molar-refractivity contribution in [3.63, 3.8) is 0 Å². The van der Waals surface area contributed by atoms with Crippen LogP contribution < -0.4 is 4.72 Å². The standard InChI is InChI=1S/C12H16N2O3S/c1-10(6-7-15)14-18(16,17)9-12-4-2-11(8-13)3-5-12/h2-5,10,14-15H,6-7,9H2,1H3. The molecule has 1 unspecified atom stereocenters. The molecule has 1 aromatic carbocycles. The van der Waals surface area contributed by atoms with Crippen LogP contribution in [0.25, 0.3) is 0 Å². The van der Waals surface area contributed by atoms with Crippen LogP contribution in [-0.2, 0) is 15.8 Å². The number of hydrogen-bond acceptors (Lipinski definition) is 4. The Hall–Kier alpha value is -1.42. The molecule has 1 aromatic rings. The maximum absolute atomic E-state index is 11.8. The predicted octanol–water partition coefficient (Wildman–Crippen LogP) is 0.749. The Morgan fingerprint density at radius 1 is 1.39 bits per heavy atom. The van der Waals surface area contributed by atoms with E-state index in [0.717, 1.165) is 0 Å². The molecule has 0 bridgehead atoms. The number of aliphatic hydroxyl groups excluding tert-OH is 1. The molecule has 2 N–H and O–H groups in total. The van der Waals surface area contributed by atoms with E-state index in [2.05, 4.69) is 4.72 Å². The molecule has 0 radical (unpaired) electrons. The molecule has 0 aliphatic rings. The lowest BCUT2D eigenvalue weighted by Gasteiger charge is -2.12. The highest BCUT2D eigenvalue weighted by Gasteiger charge is 2.14. The van der Waals surface area contributed by atoms with Crippen LogP contribution in [0.1, 0.15) is 24.5 Å². The second-order valence-electron chi connectivity index (χ2n) is 4.10. The first-order valence-electron chi connectivity index (χ1n) is 5.57. The van der Waals surface area contributed by atoms with Gasteiger partial charge in [0.15, 0.2) is 0 Å². The number of rotatable bonds is 6. The van der Waals surface area contributed by atoms with Gasteiger partial charge >= 0.3 is 0 Å². The van der Waals surface area contributed by atoms with E-state index in [1.165, 1.54) is 0 Å². The second kappa shape index (κ2) is 6.50. The van der Waals surface area contributed by atoms with Crippen LogP contribution in [0.5, 0.6) is 0 Å². The number of aliphatic hydroxyl groups is 1. The summed E-state index contributed by atoms with van der Waals surface area (Å²) in [5.74, 6) is -0.130. The second-order valence-corrected chi connectivity index (χ2v) is 5.85. The first-order valence-corrected chi connectivity index (χ1v) is 7.22. The van der Waals surface area contributed by atoms with Gasteiger partial charge in [0.05, 0.1) is 17.4 Å². The summed E-state index contributed by atoms with van der Waals surface area (Å²) < 4.78 is 26.0. The lowest BCUT2D eigenvalue weighted by molar-refractivity contribution is 0.275. The fraction of sp³-hybridized carbons (Fsp3) is 0.417. The van der Waals surface area contributed by atoms with Gasteiger partial charge in [0.25, 0.3) is 0 Å². The summed E-state index contributed by atoms with van der Waals surface area (Å²) in [6.45, 7) is 1.65. The summed E-state index contributed by atoms with van der Waals surface area (Å²) in [7, 11) is -3.42. The van der Waals surface area contributed by atoms with Crippen molar-refractivity contribution < 1.29 is 13.5 Å². The van der Waals surface area contributed by atoms with Gasteiger partial charge in [0.2, 0.25) is 10.0 Å². The number of benzene rings is 1. The molecule has 98 valence electrons. The largest absolute Gasteiger partial charge is 0.396 e. The van der Waals surface area contributed by atoms with Crippen LogP contribution in [-0.4, -0.2) is 26.2 Å². The Labute approximate surface area is 107 Å². The molecule has 0 saturated carbocycles. The maximum atomic E-state index is 11.8. The van der Waals surface area contributed by atoms with E-state index in [0.29, 0.717) is 17.5 Å². The van der Waals surface area contributed by atoms with Gasteiger partial charge in [-0.1, -0.05) is 12.1 Å². The molecule has 0 aliphatic carbocycles. The highest BCUT2D eigenvalue weighted by atomic mass is 32.2. The van der Waals surface area contributed by atoms with E-state index < -0.39 is 10.0 Å². The number of hydrogen-bond donors (Lipinski definition) is 2. The average molecular weight is 268 g/mol. The minimum Gasteiger partial charge on any atom is -0.396 e. The molecule has 0 fully saturated rings. The Balaban J connectivity index is 2.67. The number of nitrogens with one attached hydrogen (secondary N) is 1. The normalized spacial score (nSPS) is 12.9. The molecule has 0 saturated heterocycles. The van der Waals surface area contributed by atoms with Crippen molar-refractivity contribution in [2.75, 3.05) is 6.61 Å². The maximum Gasteiger partial charge on any atom is 0.216 e. The van der Waals surface area contributed by atoms with Gasteiger partial charge < -0.3 is 5.11 Å². The van der Waals surface area contributed by atoms with Crippen LogP contribution in [0.3, 0.4) is 0 Å². The summed E-state index contributed by atoms with van der Waals surface area (Å²) in [4.78, 5) is 0. The van der Waals surface area contributed by atoms with Crippen molar-refractivity contribution in [2.45, 2.75) is 25.1 Å². The zero-order valence-corrected chi connectivity index (χ0v) is 10.9. The van der Waals surface area contributed by atoms with Crippen LogP contribution in [0.4, 0.5) is 0 Å². The van der Waals surface area contributed by atoms with Crippen LogP contribution >= 0.6 is 0 Å². The smallest absolute Gasteiger partial charge is 0.216 e. The molecular weight excluding hydrogens is 252 g/mol. The molecule has 1 rings (SSSR count). The van der Waals surface area contributed by atoms with Crippen LogP contribution in [0.2, 0.25) is 0 Å². The van der Waals surface area contributed by atoms with Crippen molar-refractivity contribution in [1.29, 1.82) is 5.26 Å². The van der Waals surface area contributed by atoms with Gasteiger partial charge in [-0.25, -0.2) is 13.1 Å². The van der Waals surface area contributed by atoms with Gasteiger partial charge in [0.1, 0.15) is 0 Å². The van der Waals surface area contributed by atoms with E-state index >= 15 is 0 Å². The van der Waals surface area contributed by atoms with E-state index in [4.69, 9.17) is 10.4 Å². The fourth-order valence-corrected chi connectivity index (χ4v) is 2.94. The fourth-order valence-electron chi connectivity index (χ4n) is 1.50. The summed E-state index contributed by atoms with van der Waals surface area (Å²) >= 11 is 0. The monoisotopic (exact) mass is 268 g/mol. The zero-order chi connectivity index (χ0) is 13.6. The first kappa shape index (κ1) is 14.6. The lowest BCUT2D eigenvalue weighted by Crippen LogP contribution is -2.34. The van der Waals surface area contributed by atoms with E-state index in [1.807, 2.05) is 6.07 Å². The summed E-state index contributed by atoms with van der Waals surface area (Å²) in [6.07, 6.45) is 0.382. The van der Waals surface area contributed by atoms with Crippen molar-refractivity contribution in [1.82, 2.24) is 4.72 Å². The molecule has 0 aliphatic heterocycles. The highest BCUT2D eigenvalue weighted by Crippen LogP contribution is 2.08. The van der Waals surface area contributed by atoms with Gasteiger partial charge in [0, 0.05) is 12.6 Å². The first-order chi connectivity index (χ1) is 8.46. The summed E-state index contributed by atoms with van der Waals surface area (Å²) in [5, 5.41) is 17.4. The molecule has 0 aromatic heterocycles. The van der Waals surface area contributed by atoms with Crippen molar-refractivity contribution in [3.05, 3.63) is 35.4 Å². The SMILES string of the molecule is CC(CCO)NS(=O)(=O)Cc1ccc(C#N)cc1. The Morgan fingerprint density at radius 2 is 2.00 bits per heavy atom. The average Bonchev–Trinajstić information content (AvgIpc) is 2.29. The van der Waals surface area contributed by atoms with E-state index in [9.17, 15) is 8.42 Å². The minimum absolute atomic E-state index is 0.0550. The Morgan fingerprint density at radius 3 is 2.50 bits per heavy atom. The molecule has 18 heavy (non-hydrogen) atoms.